The Morgan fingerprint density at radius 3 is 2.90 bits per heavy atom. The predicted molar refractivity (Wildman–Crippen MR) is 73.6 cm³/mol. The third-order valence-corrected chi connectivity index (χ3v) is 3.32. The highest BCUT2D eigenvalue weighted by molar-refractivity contribution is 5.81. The summed E-state index contributed by atoms with van der Waals surface area (Å²) in [7, 11) is 0. The van der Waals surface area contributed by atoms with Gasteiger partial charge in [0.1, 0.15) is 30.2 Å². The Kier molecular flexibility index (Phi) is 3.31. The Bertz CT molecular complexity index is 735. The first-order valence-electron chi connectivity index (χ1n) is 6.21. The topological polar surface area (TPSA) is 119 Å². The Morgan fingerprint density at radius 2 is 2.14 bits per heavy atom. The summed E-state index contributed by atoms with van der Waals surface area (Å²) in [6, 6.07) is 0. The Balaban J connectivity index is 1.98. The van der Waals surface area contributed by atoms with Crippen molar-refractivity contribution in [1.29, 1.82) is 0 Å². The van der Waals surface area contributed by atoms with Crippen LogP contribution in [0.1, 0.15) is 6.23 Å². The molecule has 3 heterocycles. The van der Waals surface area contributed by atoms with E-state index in [0.717, 1.165) is 0 Å². The van der Waals surface area contributed by atoms with E-state index in [-0.39, 0.29) is 5.82 Å². The summed E-state index contributed by atoms with van der Waals surface area (Å²) in [6.45, 7) is 0. The molecule has 3 rings (SSSR count). The molecule has 108 valence electrons. The van der Waals surface area contributed by atoms with Gasteiger partial charge in [0.15, 0.2) is 17.7 Å². The van der Waals surface area contributed by atoms with Gasteiger partial charge >= 0.3 is 0 Å². The number of aliphatic hydroxyl groups is 2. The molecule has 4 atom stereocenters. The van der Waals surface area contributed by atoms with E-state index in [1.54, 1.807) is 0 Å². The fourth-order valence-electron chi connectivity index (χ4n) is 2.28. The number of terminal acetylenes is 1. The lowest BCUT2D eigenvalue weighted by Crippen LogP contribution is -2.30. The van der Waals surface area contributed by atoms with Crippen LogP contribution in [0.15, 0.2) is 24.8 Å². The second-order valence-corrected chi connectivity index (χ2v) is 4.58. The largest absolute Gasteiger partial charge is 0.387 e. The normalized spacial score (nSPS) is 29.2. The first-order chi connectivity index (χ1) is 10.1. The lowest BCUT2D eigenvalue weighted by atomic mass is 10.1. The lowest BCUT2D eigenvalue weighted by Gasteiger charge is -2.16. The van der Waals surface area contributed by atoms with Gasteiger partial charge in [0, 0.05) is 0 Å². The molecule has 0 radical (unpaired) electrons. The maximum absolute atomic E-state index is 10.1. The molecule has 0 aromatic carbocycles. The molecule has 0 saturated carbocycles. The summed E-state index contributed by atoms with van der Waals surface area (Å²) < 4.78 is 7.12. The fraction of sp³-hybridized carbons (Fsp3) is 0.308. The molecule has 1 unspecified atom stereocenters. The molecule has 1 saturated heterocycles. The zero-order valence-electron chi connectivity index (χ0n) is 10.9. The van der Waals surface area contributed by atoms with Gasteiger partial charge in [-0.1, -0.05) is 5.92 Å². The Labute approximate surface area is 119 Å². The third-order valence-electron chi connectivity index (χ3n) is 3.32. The van der Waals surface area contributed by atoms with Crippen molar-refractivity contribution in [3.63, 3.8) is 0 Å². The highest BCUT2D eigenvalue weighted by atomic mass is 16.6. The molecular formula is C13H13N5O3. The van der Waals surface area contributed by atoms with Crippen LogP contribution in [0.2, 0.25) is 0 Å². The number of nitrogens with two attached hydrogens (primary N) is 1. The average molecular weight is 287 g/mol. The standard InChI is InChI=1S/C13H13N5O3/c1-2-3-4-7-9(19)10(20)13(21-7)18-6-17-8-11(14)15-5-16-12(8)18/h1,3-7,9-10,13,19-20H,(H2,14,15,16)/b4-3-/t7-,9-,10-,13?/m1/s1. The molecule has 8 nitrogen and oxygen atoms in total. The molecule has 0 aliphatic carbocycles. The van der Waals surface area contributed by atoms with Gasteiger partial charge in [-0.15, -0.1) is 6.42 Å². The van der Waals surface area contributed by atoms with Gasteiger partial charge in [-0.05, 0) is 12.2 Å². The Morgan fingerprint density at radius 1 is 1.33 bits per heavy atom. The smallest absolute Gasteiger partial charge is 0.167 e. The van der Waals surface area contributed by atoms with Crippen molar-refractivity contribution in [2.75, 3.05) is 5.73 Å². The molecule has 1 fully saturated rings. The van der Waals surface area contributed by atoms with E-state index in [9.17, 15) is 10.2 Å². The van der Waals surface area contributed by atoms with Crippen molar-refractivity contribution in [2.24, 2.45) is 0 Å². The van der Waals surface area contributed by atoms with E-state index >= 15 is 0 Å². The van der Waals surface area contributed by atoms with Gasteiger partial charge in [-0.25, -0.2) is 15.0 Å². The Hall–Kier alpha value is -2.47. The molecular weight excluding hydrogens is 274 g/mol. The summed E-state index contributed by atoms with van der Waals surface area (Å²) >= 11 is 0. The van der Waals surface area contributed by atoms with Crippen LogP contribution in [0.4, 0.5) is 5.82 Å². The SMILES string of the molecule is C#C/C=C\[C@H]1OC(n2cnc3c(N)ncnc32)[C@H](O)[C@@H]1O. The number of aliphatic hydroxyl groups excluding tert-OH is 2. The minimum absolute atomic E-state index is 0.232. The number of nitrogen functional groups attached to an aromatic ring is 1. The van der Waals surface area contributed by atoms with Crippen molar-refractivity contribution in [2.45, 2.75) is 24.5 Å². The highest BCUT2D eigenvalue weighted by Gasteiger charge is 2.43. The number of hydrogen-bond acceptors (Lipinski definition) is 7. The van der Waals surface area contributed by atoms with E-state index in [1.807, 2.05) is 0 Å². The van der Waals surface area contributed by atoms with Crippen molar-refractivity contribution >= 4 is 17.0 Å². The maximum Gasteiger partial charge on any atom is 0.167 e. The van der Waals surface area contributed by atoms with Crippen LogP contribution in [-0.4, -0.2) is 48.0 Å². The van der Waals surface area contributed by atoms with Gasteiger partial charge in [-0.3, -0.25) is 4.57 Å². The first-order valence-corrected chi connectivity index (χ1v) is 6.21. The summed E-state index contributed by atoms with van der Waals surface area (Å²) in [5, 5.41) is 20.1. The number of aromatic nitrogens is 4. The molecule has 0 spiro atoms. The number of fused-ring (bicyclic) bond motifs is 1. The van der Waals surface area contributed by atoms with E-state index in [0.29, 0.717) is 11.2 Å². The van der Waals surface area contributed by atoms with Crippen LogP contribution >= 0.6 is 0 Å². The van der Waals surface area contributed by atoms with Crippen LogP contribution in [0.5, 0.6) is 0 Å². The molecule has 4 N–H and O–H groups in total. The molecule has 2 aromatic heterocycles. The maximum atomic E-state index is 10.1. The van der Waals surface area contributed by atoms with Gasteiger partial charge in [0.2, 0.25) is 0 Å². The second-order valence-electron chi connectivity index (χ2n) is 4.58. The van der Waals surface area contributed by atoms with Crippen molar-refractivity contribution in [3.05, 3.63) is 24.8 Å². The summed E-state index contributed by atoms with van der Waals surface area (Å²) in [6.07, 6.45) is 6.98. The number of ether oxygens (including phenoxy) is 1. The van der Waals surface area contributed by atoms with E-state index in [1.165, 1.54) is 29.4 Å². The number of rotatable bonds is 2. The van der Waals surface area contributed by atoms with E-state index < -0.39 is 24.5 Å². The van der Waals surface area contributed by atoms with Gasteiger partial charge < -0.3 is 20.7 Å². The third kappa shape index (κ3) is 2.13. The molecule has 1 aliphatic heterocycles. The van der Waals surface area contributed by atoms with Crippen LogP contribution < -0.4 is 5.73 Å². The van der Waals surface area contributed by atoms with Crippen molar-refractivity contribution in [3.8, 4) is 12.3 Å². The van der Waals surface area contributed by atoms with Crippen molar-refractivity contribution in [1.82, 2.24) is 19.5 Å². The number of imidazole rings is 1. The molecule has 0 bridgehead atoms. The quantitative estimate of drug-likeness (QED) is 0.620. The molecule has 21 heavy (non-hydrogen) atoms. The van der Waals surface area contributed by atoms with E-state index in [4.69, 9.17) is 16.9 Å². The average Bonchev–Trinajstić information content (AvgIpc) is 3.02. The number of hydrogen-bond donors (Lipinski definition) is 3. The molecule has 8 heteroatoms. The van der Waals surface area contributed by atoms with Crippen LogP contribution in [0.25, 0.3) is 11.2 Å². The van der Waals surface area contributed by atoms with Crippen molar-refractivity contribution < 1.29 is 14.9 Å². The van der Waals surface area contributed by atoms with Crippen LogP contribution in [-0.2, 0) is 4.74 Å². The second kappa shape index (κ2) is 5.14. The summed E-state index contributed by atoms with van der Waals surface area (Å²) in [4.78, 5) is 12.0. The van der Waals surface area contributed by atoms with Crippen LogP contribution in [0.3, 0.4) is 0 Å². The highest BCUT2D eigenvalue weighted by Crippen LogP contribution is 2.32. The minimum Gasteiger partial charge on any atom is -0.387 e. The summed E-state index contributed by atoms with van der Waals surface area (Å²) in [5.41, 5.74) is 6.53. The fourth-order valence-corrected chi connectivity index (χ4v) is 2.28. The lowest BCUT2D eigenvalue weighted by molar-refractivity contribution is -0.0244. The molecule has 2 aromatic rings. The predicted octanol–water partition coefficient (Wildman–Crippen LogP) is -0.783. The number of anilines is 1. The minimum atomic E-state index is -1.15. The zero-order valence-corrected chi connectivity index (χ0v) is 10.9. The zero-order chi connectivity index (χ0) is 15.0. The molecule has 1 aliphatic rings. The van der Waals surface area contributed by atoms with Crippen LogP contribution in [0, 0.1) is 12.3 Å². The monoisotopic (exact) mass is 287 g/mol. The van der Waals surface area contributed by atoms with Gasteiger partial charge in [0.05, 0.1) is 6.33 Å². The summed E-state index contributed by atoms with van der Waals surface area (Å²) in [5.74, 6) is 2.54. The number of allylic oxidation sites excluding steroid dienone is 1. The number of nitrogens with zero attached hydrogens (tertiary/aromatic N) is 4. The van der Waals surface area contributed by atoms with Gasteiger partial charge in [-0.2, -0.15) is 0 Å². The first kappa shape index (κ1) is 13.5. The van der Waals surface area contributed by atoms with Gasteiger partial charge in [0.25, 0.3) is 0 Å². The molecule has 0 amide bonds. The van der Waals surface area contributed by atoms with E-state index in [2.05, 4.69) is 20.9 Å².